The molecule has 0 amide bonds. The van der Waals surface area contributed by atoms with Crippen molar-refractivity contribution in [3.8, 4) is 11.4 Å². The van der Waals surface area contributed by atoms with Crippen molar-refractivity contribution < 1.29 is 27.5 Å². The maximum Gasteiger partial charge on any atom is 0.433 e. The molecule has 25 heavy (non-hydrogen) atoms. The van der Waals surface area contributed by atoms with E-state index < -0.39 is 29.1 Å². The molecule has 2 heterocycles. The second-order valence-corrected chi connectivity index (χ2v) is 5.10. The monoisotopic (exact) mass is 349 g/mol. The number of fused-ring (bicyclic) bond motifs is 1. The number of nitrogens with two attached hydrogens (primary N) is 1. The predicted octanol–water partition coefficient (Wildman–Crippen LogP) is 2.36. The number of nitrogens with zero attached hydrogens (tertiary/aromatic N) is 2. The minimum Gasteiger partial charge on any atom is -0.491 e. The number of pyridine rings is 2. The third-order valence-corrected chi connectivity index (χ3v) is 3.56. The number of allylic oxidation sites excluding steroid dienone is 2. The predicted molar refractivity (Wildman–Crippen MR) is 79.4 cm³/mol. The molecule has 0 radical (unpaired) electrons. The summed E-state index contributed by atoms with van der Waals surface area (Å²) in [5.74, 6) is -1.64. The van der Waals surface area contributed by atoms with Crippen LogP contribution in [0, 0.1) is 0 Å². The Morgan fingerprint density at radius 1 is 1.00 bits per heavy atom. The maximum atomic E-state index is 12.8. The molecule has 2 aromatic heterocycles. The lowest BCUT2D eigenvalue weighted by Crippen LogP contribution is -2.28. The number of methoxy groups -OCH3 is 1. The summed E-state index contributed by atoms with van der Waals surface area (Å²) >= 11 is 0. The van der Waals surface area contributed by atoms with Crippen LogP contribution in [0.2, 0.25) is 0 Å². The number of hydrogen-bond acceptors (Lipinski definition) is 6. The topological polar surface area (TPSA) is 95.2 Å². The lowest BCUT2D eigenvalue weighted by Gasteiger charge is -2.17. The maximum absolute atomic E-state index is 12.8. The van der Waals surface area contributed by atoms with E-state index in [2.05, 4.69) is 9.97 Å². The Labute approximate surface area is 139 Å². The minimum atomic E-state index is -4.61. The minimum absolute atomic E-state index is 0.0136. The number of rotatable bonds is 2. The summed E-state index contributed by atoms with van der Waals surface area (Å²) in [5, 5.41) is 0. The second kappa shape index (κ2) is 5.69. The Bertz CT molecular complexity index is 936. The van der Waals surface area contributed by atoms with E-state index in [0.29, 0.717) is 0 Å². The first-order valence-corrected chi connectivity index (χ1v) is 6.93. The summed E-state index contributed by atoms with van der Waals surface area (Å²) in [4.78, 5) is 32.0. The van der Waals surface area contributed by atoms with Crippen molar-refractivity contribution in [3.05, 3.63) is 58.7 Å². The van der Waals surface area contributed by atoms with Crippen molar-refractivity contribution in [1.29, 1.82) is 0 Å². The Morgan fingerprint density at radius 2 is 1.68 bits per heavy atom. The molecule has 0 saturated carbocycles. The van der Waals surface area contributed by atoms with Gasteiger partial charge in [-0.3, -0.25) is 9.59 Å². The van der Waals surface area contributed by atoms with Gasteiger partial charge in [0.15, 0.2) is 5.76 Å². The van der Waals surface area contributed by atoms with Gasteiger partial charge in [0.05, 0.1) is 24.1 Å². The molecule has 0 spiro atoms. The highest BCUT2D eigenvalue weighted by atomic mass is 19.4. The Morgan fingerprint density at radius 3 is 2.32 bits per heavy atom. The molecule has 0 fully saturated rings. The molecule has 1 aliphatic carbocycles. The number of hydrogen-bond donors (Lipinski definition) is 1. The van der Waals surface area contributed by atoms with Gasteiger partial charge >= 0.3 is 6.18 Å². The van der Waals surface area contributed by atoms with Crippen LogP contribution in [0.15, 0.2) is 41.8 Å². The van der Waals surface area contributed by atoms with Gasteiger partial charge in [0.1, 0.15) is 17.1 Å². The van der Waals surface area contributed by atoms with Crippen LogP contribution in [0.1, 0.15) is 26.5 Å². The molecule has 0 bridgehead atoms. The zero-order valence-corrected chi connectivity index (χ0v) is 12.7. The number of carbonyl (C=O) groups excluding carboxylic acids is 2. The fourth-order valence-electron chi connectivity index (χ4n) is 2.37. The van der Waals surface area contributed by atoms with Gasteiger partial charge in [0.2, 0.25) is 11.6 Å². The van der Waals surface area contributed by atoms with E-state index in [1.807, 2.05) is 0 Å². The lowest BCUT2D eigenvalue weighted by atomic mass is 9.95. The summed E-state index contributed by atoms with van der Waals surface area (Å²) in [6.07, 6.45) is -4.61. The van der Waals surface area contributed by atoms with E-state index in [4.69, 9.17) is 10.5 Å². The summed E-state index contributed by atoms with van der Waals surface area (Å²) in [6, 6.07) is 5.91. The quantitative estimate of drug-likeness (QED) is 0.894. The summed E-state index contributed by atoms with van der Waals surface area (Å²) in [5.41, 5.74) is 3.74. The Balaban J connectivity index is 2.11. The molecule has 6 nitrogen and oxygen atoms in total. The van der Waals surface area contributed by atoms with Gasteiger partial charge < -0.3 is 10.5 Å². The van der Waals surface area contributed by atoms with Crippen LogP contribution in [0.25, 0.3) is 11.4 Å². The first-order chi connectivity index (χ1) is 11.7. The third kappa shape index (κ3) is 2.73. The molecule has 2 aromatic rings. The standard InChI is InChI=1S/C16H10F3N3O3/c1-25-15-11(20)14(24)12-7(13(15)23)5-6-9(22-12)8-3-2-4-10(21-8)16(17,18)19/h2-6H,20H2,1H3. The second-order valence-electron chi connectivity index (χ2n) is 5.10. The molecule has 9 heteroatoms. The molecule has 0 unspecified atom stereocenters. The molecular weight excluding hydrogens is 339 g/mol. The van der Waals surface area contributed by atoms with Crippen LogP contribution >= 0.6 is 0 Å². The van der Waals surface area contributed by atoms with Crippen molar-refractivity contribution in [1.82, 2.24) is 9.97 Å². The summed E-state index contributed by atoms with van der Waals surface area (Å²) < 4.78 is 43.2. The van der Waals surface area contributed by atoms with E-state index in [9.17, 15) is 22.8 Å². The smallest absolute Gasteiger partial charge is 0.433 e. The zero-order chi connectivity index (χ0) is 18.4. The first kappa shape index (κ1) is 16.6. The Hall–Kier alpha value is -3.23. The van der Waals surface area contributed by atoms with Crippen molar-refractivity contribution >= 4 is 11.6 Å². The van der Waals surface area contributed by atoms with E-state index in [1.165, 1.54) is 31.4 Å². The van der Waals surface area contributed by atoms with Gasteiger partial charge in [-0.15, -0.1) is 0 Å². The largest absolute Gasteiger partial charge is 0.491 e. The third-order valence-electron chi connectivity index (χ3n) is 3.56. The highest BCUT2D eigenvalue weighted by Gasteiger charge is 2.34. The van der Waals surface area contributed by atoms with Crippen LogP contribution < -0.4 is 5.73 Å². The number of halogens is 3. The zero-order valence-electron chi connectivity index (χ0n) is 12.7. The fourth-order valence-corrected chi connectivity index (χ4v) is 2.37. The molecule has 0 atom stereocenters. The highest BCUT2D eigenvalue weighted by molar-refractivity contribution is 6.25. The molecule has 0 saturated heterocycles. The van der Waals surface area contributed by atoms with E-state index in [-0.39, 0.29) is 28.4 Å². The highest BCUT2D eigenvalue weighted by Crippen LogP contribution is 2.30. The van der Waals surface area contributed by atoms with Crippen molar-refractivity contribution in [2.24, 2.45) is 5.73 Å². The number of Topliss-reactive ketones (excluding diaryl/α,β-unsaturated/α-hetero) is 2. The number of aromatic nitrogens is 2. The molecule has 0 aliphatic heterocycles. The molecule has 0 aromatic carbocycles. The van der Waals surface area contributed by atoms with Crippen molar-refractivity contribution in [2.75, 3.05) is 7.11 Å². The number of alkyl halides is 3. The average Bonchev–Trinajstić information content (AvgIpc) is 2.59. The van der Waals surface area contributed by atoms with Gasteiger partial charge in [-0.2, -0.15) is 13.2 Å². The summed E-state index contributed by atoms with van der Waals surface area (Å²) in [7, 11) is 1.20. The molecule has 128 valence electrons. The van der Waals surface area contributed by atoms with Crippen LogP contribution in [0.4, 0.5) is 13.2 Å². The first-order valence-electron chi connectivity index (χ1n) is 6.93. The van der Waals surface area contributed by atoms with Gasteiger partial charge in [-0.1, -0.05) is 6.07 Å². The van der Waals surface area contributed by atoms with Crippen LogP contribution in [0.5, 0.6) is 0 Å². The molecular formula is C16H10F3N3O3. The van der Waals surface area contributed by atoms with E-state index in [0.717, 1.165) is 6.07 Å². The van der Waals surface area contributed by atoms with Crippen molar-refractivity contribution in [2.45, 2.75) is 6.18 Å². The normalized spacial score (nSPS) is 14.6. The van der Waals surface area contributed by atoms with Crippen LogP contribution in [-0.2, 0) is 10.9 Å². The number of ketones is 2. The Kier molecular flexibility index (Phi) is 3.78. The van der Waals surface area contributed by atoms with Gasteiger partial charge in [0.25, 0.3) is 0 Å². The van der Waals surface area contributed by atoms with Gasteiger partial charge in [0, 0.05) is 0 Å². The molecule has 2 N–H and O–H groups in total. The van der Waals surface area contributed by atoms with Crippen molar-refractivity contribution in [3.63, 3.8) is 0 Å². The number of ether oxygens (including phenoxy) is 1. The number of carbonyl (C=O) groups is 2. The SMILES string of the molecule is COC1=C(N)C(=O)c2nc(-c3cccc(C(F)(F)F)n3)ccc2C1=O. The fraction of sp³-hybridized carbons (Fsp3) is 0.125. The van der Waals surface area contributed by atoms with Crippen LogP contribution in [0.3, 0.4) is 0 Å². The average molecular weight is 349 g/mol. The van der Waals surface area contributed by atoms with E-state index >= 15 is 0 Å². The van der Waals surface area contributed by atoms with Gasteiger partial charge in [-0.25, -0.2) is 9.97 Å². The molecule has 3 rings (SSSR count). The summed E-state index contributed by atoms with van der Waals surface area (Å²) in [6.45, 7) is 0. The van der Waals surface area contributed by atoms with E-state index in [1.54, 1.807) is 0 Å². The molecule has 1 aliphatic rings. The van der Waals surface area contributed by atoms with Gasteiger partial charge in [-0.05, 0) is 24.3 Å². The van der Waals surface area contributed by atoms with Crippen LogP contribution in [-0.4, -0.2) is 28.6 Å². The lowest BCUT2D eigenvalue weighted by molar-refractivity contribution is -0.141.